The minimum Gasteiger partial charge on any atom is -0.460 e. The molecule has 5 rings (SSSR count). The predicted molar refractivity (Wildman–Crippen MR) is 207 cm³/mol. The molecule has 0 saturated carbocycles. The first-order valence-electron chi connectivity index (χ1n) is 18.1. The van der Waals surface area contributed by atoms with E-state index in [0.717, 1.165) is 34.4 Å². The van der Waals surface area contributed by atoms with Crippen LogP contribution in [0.3, 0.4) is 0 Å². The summed E-state index contributed by atoms with van der Waals surface area (Å²) < 4.78 is 41.8. The molecule has 300 valence electrons. The molecule has 0 amide bonds. The second-order valence-electron chi connectivity index (χ2n) is 12.4. The van der Waals surface area contributed by atoms with Crippen molar-refractivity contribution in [3.63, 3.8) is 0 Å². The largest absolute Gasteiger partial charge is 0.460 e. The van der Waals surface area contributed by atoms with Gasteiger partial charge in [-0.3, -0.25) is 0 Å². The molecule has 0 N–H and O–H groups in total. The lowest BCUT2D eigenvalue weighted by Crippen LogP contribution is -2.14. The summed E-state index contributed by atoms with van der Waals surface area (Å²) in [4.78, 5) is 72.8. The molecule has 0 aromatic heterocycles. The lowest BCUT2D eigenvalue weighted by molar-refractivity contribution is -0.140. The van der Waals surface area contributed by atoms with Crippen LogP contribution < -0.4 is 9.47 Å². The van der Waals surface area contributed by atoms with Crippen molar-refractivity contribution >= 4 is 35.8 Å². The predicted octanol–water partition coefficient (Wildman–Crippen LogP) is 6.06. The molecule has 0 unspecified atom stereocenters. The van der Waals surface area contributed by atoms with Gasteiger partial charge in [-0.2, -0.15) is 0 Å². The Hall–Kier alpha value is -6.90. The lowest BCUT2D eigenvalue weighted by Gasteiger charge is -2.10. The molecular formula is C44H40O14. The van der Waals surface area contributed by atoms with Crippen LogP contribution in [0.5, 0.6) is 11.5 Å². The number of carbonyl (C=O) groups excluding carboxylic acids is 6. The van der Waals surface area contributed by atoms with Gasteiger partial charge in [0, 0.05) is 18.1 Å². The maximum absolute atomic E-state index is 13.0. The number of hydrogen-bond donors (Lipinski definition) is 0. The van der Waals surface area contributed by atoms with Gasteiger partial charge in [0.2, 0.25) is 0 Å². The number of hydrogen-bond acceptors (Lipinski definition) is 14. The van der Waals surface area contributed by atoms with Crippen molar-refractivity contribution in [2.75, 3.05) is 52.9 Å². The van der Waals surface area contributed by atoms with E-state index in [9.17, 15) is 28.8 Å². The van der Waals surface area contributed by atoms with Gasteiger partial charge in [-0.1, -0.05) is 32.2 Å². The van der Waals surface area contributed by atoms with Gasteiger partial charge in [0.25, 0.3) is 0 Å². The van der Waals surface area contributed by atoms with Gasteiger partial charge in [-0.15, -0.1) is 0 Å². The fourth-order valence-corrected chi connectivity index (χ4v) is 5.68. The molecule has 0 heterocycles. The van der Waals surface area contributed by atoms with Gasteiger partial charge >= 0.3 is 35.8 Å². The summed E-state index contributed by atoms with van der Waals surface area (Å²) in [6.07, 6.45) is 2.10. The molecule has 4 aromatic rings. The Kier molecular flexibility index (Phi) is 15.2. The van der Waals surface area contributed by atoms with Crippen molar-refractivity contribution in [2.45, 2.75) is 12.8 Å². The highest BCUT2D eigenvalue weighted by Gasteiger charge is 2.27. The van der Waals surface area contributed by atoms with E-state index in [1.165, 1.54) is 48.5 Å². The molecule has 0 fully saturated rings. The van der Waals surface area contributed by atoms with Gasteiger partial charge in [0.15, 0.2) is 0 Å². The van der Waals surface area contributed by atoms with E-state index in [1.54, 1.807) is 24.3 Å². The second kappa shape index (κ2) is 20.9. The topological polar surface area (TPSA) is 176 Å². The third-order valence-corrected chi connectivity index (χ3v) is 8.60. The molecule has 0 spiro atoms. The van der Waals surface area contributed by atoms with E-state index in [1.807, 2.05) is 19.1 Å². The lowest BCUT2D eigenvalue weighted by atomic mass is 9.99. The zero-order chi connectivity index (χ0) is 41.4. The summed E-state index contributed by atoms with van der Waals surface area (Å²) in [6, 6.07) is 22.4. The molecule has 0 atom stereocenters. The molecule has 0 saturated heterocycles. The van der Waals surface area contributed by atoms with Crippen LogP contribution >= 0.6 is 0 Å². The van der Waals surface area contributed by atoms with Gasteiger partial charge in [0.05, 0.1) is 48.7 Å². The average Bonchev–Trinajstić information content (AvgIpc) is 3.52. The second-order valence-corrected chi connectivity index (χ2v) is 12.4. The van der Waals surface area contributed by atoms with Crippen molar-refractivity contribution < 1.29 is 66.7 Å². The Morgan fingerprint density at radius 2 is 0.793 bits per heavy atom. The number of benzene rings is 4. The molecule has 14 heteroatoms. The van der Waals surface area contributed by atoms with E-state index >= 15 is 0 Å². The van der Waals surface area contributed by atoms with Crippen LogP contribution in [0.2, 0.25) is 0 Å². The SMILES string of the molecule is C=CC(=O)OCCOCCOC(=O)c1ccc(C(=O)Oc2ccc3c(c2)C(C)c2cc(OC(=O)c4ccc(C(=O)OCCOCCOC(=O)C=C)cc4)ccc2-3)cc1. The maximum Gasteiger partial charge on any atom is 0.343 e. The Labute approximate surface area is 333 Å². The molecule has 0 bridgehead atoms. The zero-order valence-corrected chi connectivity index (χ0v) is 31.6. The van der Waals surface area contributed by atoms with Crippen LogP contribution in [0.4, 0.5) is 0 Å². The van der Waals surface area contributed by atoms with Crippen LogP contribution in [0.15, 0.2) is 110 Å². The average molecular weight is 793 g/mol. The van der Waals surface area contributed by atoms with Crippen molar-refractivity contribution in [2.24, 2.45) is 0 Å². The van der Waals surface area contributed by atoms with E-state index in [-0.39, 0.29) is 81.0 Å². The van der Waals surface area contributed by atoms with Crippen LogP contribution in [0.1, 0.15) is 65.4 Å². The van der Waals surface area contributed by atoms with E-state index < -0.39 is 35.8 Å². The van der Waals surface area contributed by atoms with E-state index in [0.29, 0.717) is 11.5 Å². The molecular weight excluding hydrogens is 752 g/mol. The van der Waals surface area contributed by atoms with Crippen molar-refractivity contribution in [1.82, 2.24) is 0 Å². The Morgan fingerprint density at radius 1 is 0.466 bits per heavy atom. The highest BCUT2D eigenvalue weighted by Crippen LogP contribution is 2.47. The summed E-state index contributed by atoms with van der Waals surface area (Å²) in [5, 5.41) is 0. The van der Waals surface area contributed by atoms with Crippen LogP contribution in [0.25, 0.3) is 11.1 Å². The number of rotatable bonds is 20. The summed E-state index contributed by atoms with van der Waals surface area (Å²) in [7, 11) is 0. The number of ether oxygens (including phenoxy) is 8. The van der Waals surface area contributed by atoms with Crippen LogP contribution in [0, 0.1) is 0 Å². The Balaban J connectivity index is 1.08. The van der Waals surface area contributed by atoms with Crippen molar-refractivity contribution in [1.29, 1.82) is 0 Å². The Bertz CT molecular complexity index is 2000. The van der Waals surface area contributed by atoms with Crippen LogP contribution in [-0.2, 0) is 38.0 Å². The number of esters is 6. The maximum atomic E-state index is 13.0. The minimum atomic E-state index is -0.611. The molecule has 1 aliphatic rings. The molecule has 1 aliphatic carbocycles. The molecule has 0 aliphatic heterocycles. The van der Waals surface area contributed by atoms with Gasteiger partial charge in [-0.25, -0.2) is 28.8 Å². The van der Waals surface area contributed by atoms with Crippen LogP contribution in [-0.4, -0.2) is 88.7 Å². The van der Waals surface area contributed by atoms with Gasteiger partial charge in [0.1, 0.15) is 37.9 Å². The van der Waals surface area contributed by atoms with Crippen molar-refractivity contribution in [3.05, 3.63) is 144 Å². The zero-order valence-electron chi connectivity index (χ0n) is 31.6. The molecule has 14 nitrogen and oxygen atoms in total. The van der Waals surface area contributed by atoms with Gasteiger partial charge in [-0.05, 0) is 95.1 Å². The minimum absolute atomic E-state index is 0.0123. The Morgan fingerprint density at radius 3 is 1.14 bits per heavy atom. The normalized spacial score (nSPS) is 11.3. The monoisotopic (exact) mass is 792 g/mol. The summed E-state index contributed by atoms with van der Waals surface area (Å²) in [6.45, 7) is 9.18. The third kappa shape index (κ3) is 11.6. The quantitative estimate of drug-likeness (QED) is 0.0332. The first-order chi connectivity index (χ1) is 28.1. The number of carbonyl (C=O) groups is 6. The smallest absolute Gasteiger partial charge is 0.343 e. The summed E-state index contributed by atoms with van der Waals surface area (Å²) in [5.74, 6) is -2.95. The molecule has 4 aromatic carbocycles. The van der Waals surface area contributed by atoms with E-state index in [2.05, 4.69) is 13.2 Å². The molecule has 58 heavy (non-hydrogen) atoms. The van der Waals surface area contributed by atoms with E-state index in [4.69, 9.17) is 37.9 Å². The standard InChI is InChI=1S/C44H40O14/c1-4-39(45)53-22-18-51-20-24-55-41(47)29-6-10-31(11-7-29)43(49)57-33-14-16-35-36-17-15-34(27-38(36)28(3)37(35)26-33)58-44(50)32-12-8-30(9-13-32)42(48)56-25-21-52-19-23-54-40(46)5-2/h4-17,26-28H,1-2,18-25H2,3H3. The first kappa shape index (κ1) is 42.2. The fourth-order valence-electron chi connectivity index (χ4n) is 5.68. The third-order valence-electron chi connectivity index (χ3n) is 8.60. The molecule has 0 radical (unpaired) electrons. The van der Waals surface area contributed by atoms with Gasteiger partial charge < -0.3 is 37.9 Å². The van der Waals surface area contributed by atoms with Crippen molar-refractivity contribution in [3.8, 4) is 22.6 Å². The summed E-state index contributed by atoms with van der Waals surface area (Å²) in [5.41, 5.74) is 4.69. The summed E-state index contributed by atoms with van der Waals surface area (Å²) >= 11 is 0. The number of fused-ring (bicyclic) bond motifs is 3. The fraction of sp³-hybridized carbons (Fsp3) is 0.227. The highest BCUT2D eigenvalue weighted by molar-refractivity contribution is 5.95. The highest BCUT2D eigenvalue weighted by atomic mass is 16.6. The first-order valence-corrected chi connectivity index (χ1v) is 18.1.